The first-order valence-electron chi connectivity index (χ1n) is 8.04. The minimum absolute atomic E-state index is 0.709. The number of hydrogen-bond donors (Lipinski definition) is 1. The summed E-state index contributed by atoms with van der Waals surface area (Å²) >= 11 is 6.34. The van der Waals surface area contributed by atoms with E-state index >= 15 is 0 Å². The molecule has 1 aromatic carbocycles. The summed E-state index contributed by atoms with van der Waals surface area (Å²) in [6.45, 7) is 6.08. The van der Waals surface area contributed by atoms with E-state index in [2.05, 4.69) is 18.4 Å². The number of para-hydroxylation sites is 1. The summed E-state index contributed by atoms with van der Waals surface area (Å²) in [5, 5.41) is 0.792. The molecule has 0 aliphatic rings. The molecule has 0 aliphatic heterocycles. The molecule has 0 bridgehead atoms. The van der Waals surface area contributed by atoms with Crippen LogP contribution in [0.25, 0.3) is 11.0 Å². The van der Waals surface area contributed by atoms with Crippen LogP contribution < -0.4 is 5.73 Å². The Balaban J connectivity index is 2.20. The Bertz CT molecular complexity index is 571. The van der Waals surface area contributed by atoms with Crippen LogP contribution >= 0.6 is 11.6 Å². The van der Waals surface area contributed by atoms with Gasteiger partial charge in [-0.2, -0.15) is 0 Å². The van der Waals surface area contributed by atoms with Crippen LogP contribution in [-0.2, 0) is 13.0 Å². The topological polar surface area (TPSA) is 43.8 Å². The summed E-state index contributed by atoms with van der Waals surface area (Å²) in [6.07, 6.45) is 5.75. The molecule has 0 aliphatic carbocycles. The average Bonchev–Trinajstić information content (AvgIpc) is 2.84. The molecule has 0 spiro atoms. The highest BCUT2D eigenvalue weighted by Gasteiger charge is 2.14. The number of hydrogen-bond acceptors (Lipinski definition) is 2. The molecule has 2 rings (SSSR count). The van der Waals surface area contributed by atoms with Crippen molar-refractivity contribution < 1.29 is 0 Å². The Morgan fingerprint density at radius 2 is 2.05 bits per heavy atom. The van der Waals surface area contributed by atoms with Gasteiger partial charge in [-0.1, -0.05) is 37.4 Å². The third-order valence-corrected chi connectivity index (χ3v) is 4.47. The first kappa shape index (κ1) is 16.3. The molecule has 1 atom stereocenters. The van der Waals surface area contributed by atoms with Crippen LogP contribution in [0.3, 0.4) is 0 Å². The minimum atomic E-state index is 0.709. The van der Waals surface area contributed by atoms with Crippen LogP contribution in [-0.4, -0.2) is 16.1 Å². The van der Waals surface area contributed by atoms with E-state index in [4.69, 9.17) is 22.3 Å². The molecule has 1 aromatic heterocycles. The number of halogens is 1. The number of benzene rings is 1. The summed E-state index contributed by atoms with van der Waals surface area (Å²) in [5.74, 6) is 1.86. The van der Waals surface area contributed by atoms with Crippen molar-refractivity contribution in [2.75, 3.05) is 6.54 Å². The molecule has 21 heavy (non-hydrogen) atoms. The second-order valence-corrected chi connectivity index (χ2v) is 6.06. The van der Waals surface area contributed by atoms with Crippen molar-refractivity contribution in [3.8, 4) is 0 Å². The van der Waals surface area contributed by atoms with Crippen LogP contribution in [0.15, 0.2) is 18.2 Å². The molecule has 0 amide bonds. The van der Waals surface area contributed by atoms with E-state index in [1.165, 1.54) is 12.8 Å². The molecule has 0 fully saturated rings. The van der Waals surface area contributed by atoms with Gasteiger partial charge in [0.05, 0.1) is 16.1 Å². The van der Waals surface area contributed by atoms with E-state index in [0.717, 1.165) is 54.2 Å². The number of aryl methyl sites for hydroxylation is 2. The van der Waals surface area contributed by atoms with Crippen LogP contribution in [0.1, 0.15) is 45.4 Å². The van der Waals surface area contributed by atoms with E-state index in [1.54, 1.807) is 0 Å². The zero-order valence-electron chi connectivity index (χ0n) is 13.1. The summed E-state index contributed by atoms with van der Waals surface area (Å²) in [7, 11) is 0. The van der Waals surface area contributed by atoms with Crippen LogP contribution in [0.4, 0.5) is 0 Å². The molecule has 1 heterocycles. The van der Waals surface area contributed by atoms with E-state index in [9.17, 15) is 0 Å². The average molecular weight is 308 g/mol. The van der Waals surface area contributed by atoms with Gasteiger partial charge in [-0.3, -0.25) is 0 Å². The largest absolute Gasteiger partial charge is 0.330 e. The summed E-state index contributed by atoms with van der Waals surface area (Å²) in [4.78, 5) is 4.78. The fourth-order valence-electron chi connectivity index (χ4n) is 3.13. The van der Waals surface area contributed by atoms with Crippen molar-refractivity contribution in [1.29, 1.82) is 0 Å². The molecule has 0 saturated heterocycles. The third-order valence-electron chi connectivity index (χ3n) is 4.16. The van der Waals surface area contributed by atoms with Crippen LogP contribution in [0.5, 0.6) is 0 Å². The van der Waals surface area contributed by atoms with Gasteiger partial charge in [0, 0.05) is 13.0 Å². The normalized spacial score (nSPS) is 13.0. The van der Waals surface area contributed by atoms with Gasteiger partial charge in [0.15, 0.2) is 0 Å². The highest BCUT2D eigenvalue weighted by molar-refractivity contribution is 6.35. The predicted octanol–water partition coefficient (Wildman–Crippen LogP) is 4.41. The molecule has 2 N–H and O–H groups in total. The van der Waals surface area contributed by atoms with Crippen molar-refractivity contribution in [1.82, 2.24) is 9.55 Å². The molecular formula is C17H26ClN3. The van der Waals surface area contributed by atoms with Gasteiger partial charge in [0.25, 0.3) is 0 Å². The number of nitrogens with zero attached hydrogens (tertiary/aromatic N) is 2. The SMILES string of the molecule is CCCC(CCN)CCc1nc2cccc(Cl)c2n1CC. The van der Waals surface area contributed by atoms with E-state index < -0.39 is 0 Å². The van der Waals surface area contributed by atoms with Crippen LogP contribution in [0, 0.1) is 5.92 Å². The maximum absolute atomic E-state index is 6.34. The van der Waals surface area contributed by atoms with Gasteiger partial charge in [0.1, 0.15) is 5.82 Å². The maximum Gasteiger partial charge on any atom is 0.109 e. The second-order valence-electron chi connectivity index (χ2n) is 5.65. The zero-order chi connectivity index (χ0) is 15.2. The lowest BCUT2D eigenvalue weighted by Crippen LogP contribution is -2.11. The molecule has 0 saturated carbocycles. The van der Waals surface area contributed by atoms with Gasteiger partial charge in [-0.25, -0.2) is 4.98 Å². The highest BCUT2D eigenvalue weighted by atomic mass is 35.5. The Morgan fingerprint density at radius 3 is 2.71 bits per heavy atom. The van der Waals surface area contributed by atoms with Crippen molar-refractivity contribution in [2.24, 2.45) is 11.7 Å². The van der Waals surface area contributed by atoms with Crippen LogP contribution in [0.2, 0.25) is 5.02 Å². The lowest BCUT2D eigenvalue weighted by molar-refractivity contribution is 0.415. The van der Waals surface area contributed by atoms with Crippen molar-refractivity contribution >= 4 is 22.6 Å². The number of aromatic nitrogens is 2. The quantitative estimate of drug-likeness (QED) is 0.785. The molecule has 116 valence electrons. The Kier molecular flexibility index (Phi) is 6.07. The number of fused-ring (bicyclic) bond motifs is 1. The lowest BCUT2D eigenvalue weighted by Gasteiger charge is -2.15. The fraction of sp³-hybridized carbons (Fsp3) is 0.588. The van der Waals surface area contributed by atoms with E-state index in [-0.39, 0.29) is 0 Å². The molecule has 1 unspecified atom stereocenters. The number of rotatable bonds is 8. The standard InChI is InChI=1S/C17H26ClN3/c1-3-6-13(11-12-19)9-10-16-20-15-8-5-7-14(18)17(15)21(16)4-2/h5,7-8,13H,3-4,6,9-12,19H2,1-2H3. The Hall–Kier alpha value is -1.06. The number of imidazole rings is 1. The van der Waals surface area contributed by atoms with Gasteiger partial charge in [-0.05, 0) is 44.4 Å². The minimum Gasteiger partial charge on any atom is -0.330 e. The van der Waals surface area contributed by atoms with Gasteiger partial charge >= 0.3 is 0 Å². The van der Waals surface area contributed by atoms with Crippen molar-refractivity contribution in [2.45, 2.75) is 52.5 Å². The molecule has 4 heteroatoms. The smallest absolute Gasteiger partial charge is 0.109 e. The Morgan fingerprint density at radius 1 is 1.24 bits per heavy atom. The monoisotopic (exact) mass is 307 g/mol. The molecule has 0 radical (unpaired) electrons. The lowest BCUT2D eigenvalue weighted by atomic mass is 9.94. The van der Waals surface area contributed by atoms with Gasteiger partial charge in [-0.15, -0.1) is 0 Å². The van der Waals surface area contributed by atoms with E-state index in [0.29, 0.717) is 5.92 Å². The summed E-state index contributed by atoms with van der Waals surface area (Å²) in [6, 6.07) is 5.95. The predicted molar refractivity (Wildman–Crippen MR) is 90.8 cm³/mol. The fourth-order valence-corrected chi connectivity index (χ4v) is 3.40. The maximum atomic E-state index is 6.34. The van der Waals surface area contributed by atoms with Crippen molar-refractivity contribution in [3.63, 3.8) is 0 Å². The number of nitrogens with two attached hydrogens (primary N) is 1. The third kappa shape index (κ3) is 3.78. The highest BCUT2D eigenvalue weighted by Crippen LogP contribution is 2.26. The van der Waals surface area contributed by atoms with Crippen molar-refractivity contribution in [3.05, 3.63) is 29.0 Å². The Labute approximate surface area is 132 Å². The van der Waals surface area contributed by atoms with Gasteiger partial charge < -0.3 is 10.3 Å². The summed E-state index contributed by atoms with van der Waals surface area (Å²) in [5.41, 5.74) is 7.80. The molecule has 2 aromatic rings. The van der Waals surface area contributed by atoms with E-state index in [1.807, 2.05) is 18.2 Å². The molecular weight excluding hydrogens is 282 g/mol. The van der Waals surface area contributed by atoms with Gasteiger partial charge in [0.2, 0.25) is 0 Å². The first-order valence-corrected chi connectivity index (χ1v) is 8.42. The second kappa shape index (κ2) is 7.81. The zero-order valence-corrected chi connectivity index (χ0v) is 13.9. The first-order chi connectivity index (χ1) is 10.2. The summed E-state index contributed by atoms with van der Waals surface area (Å²) < 4.78 is 2.25. The molecule has 3 nitrogen and oxygen atoms in total.